The van der Waals surface area contributed by atoms with Gasteiger partial charge in [-0.3, -0.25) is 14.8 Å². The minimum atomic E-state index is -0.377. The maximum atomic E-state index is 12.7. The molecule has 0 spiro atoms. The molecule has 9 heteroatoms. The number of nitriles is 1. The van der Waals surface area contributed by atoms with Gasteiger partial charge in [-0.2, -0.15) is 10.2 Å². The average Bonchev–Trinajstić information content (AvgIpc) is 3.35. The first-order valence-corrected chi connectivity index (χ1v) is 10.4. The van der Waals surface area contributed by atoms with Gasteiger partial charge in [0.15, 0.2) is 0 Å². The number of carbonyl (C=O) groups excluding carboxylic acids is 1. The number of carbonyl (C=O) groups is 1. The van der Waals surface area contributed by atoms with Gasteiger partial charge < -0.3 is 15.5 Å². The Bertz CT molecular complexity index is 1390. The number of hydrogen-bond acceptors (Lipinski definition) is 8. The zero-order chi connectivity index (χ0) is 22.9. The zero-order valence-corrected chi connectivity index (χ0v) is 18.1. The minimum absolute atomic E-state index is 0.186. The third kappa shape index (κ3) is 3.68. The lowest BCUT2D eigenvalue weighted by Gasteiger charge is -2.28. The molecule has 1 amide bonds. The van der Waals surface area contributed by atoms with E-state index in [0.717, 1.165) is 40.5 Å². The summed E-state index contributed by atoms with van der Waals surface area (Å²) in [5.41, 5.74) is 5.08. The van der Waals surface area contributed by atoms with E-state index < -0.39 is 0 Å². The fourth-order valence-electron chi connectivity index (χ4n) is 3.93. The molecule has 2 aliphatic rings. The highest BCUT2D eigenvalue weighted by Crippen LogP contribution is 2.36. The van der Waals surface area contributed by atoms with Crippen molar-refractivity contribution in [3.63, 3.8) is 0 Å². The normalized spacial score (nSPS) is 13.9. The lowest BCUT2D eigenvalue weighted by atomic mass is 9.94. The summed E-state index contributed by atoms with van der Waals surface area (Å²) < 4.78 is 0. The number of rotatable bonds is 4. The number of benzene rings is 1. The van der Waals surface area contributed by atoms with Crippen LogP contribution < -0.4 is 15.5 Å². The minimum Gasteiger partial charge on any atom is -0.357 e. The number of pyridine rings is 1. The Morgan fingerprint density at radius 3 is 2.91 bits per heavy atom. The summed E-state index contributed by atoms with van der Waals surface area (Å²) >= 11 is 0. The summed E-state index contributed by atoms with van der Waals surface area (Å²) in [6, 6.07) is 10.8. The predicted octanol–water partition coefficient (Wildman–Crippen LogP) is 3.12. The first-order valence-electron chi connectivity index (χ1n) is 10.4. The first-order chi connectivity index (χ1) is 16.1. The molecule has 0 unspecified atom stereocenters. The summed E-state index contributed by atoms with van der Waals surface area (Å²) in [4.78, 5) is 32.6. The van der Waals surface area contributed by atoms with Gasteiger partial charge in [-0.05, 0) is 48.4 Å². The van der Waals surface area contributed by atoms with Crippen LogP contribution in [0.3, 0.4) is 0 Å². The fourth-order valence-corrected chi connectivity index (χ4v) is 3.93. The second-order valence-corrected chi connectivity index (χ2v) is 7.66. The van der Waals surface area contributed by atoms with Crippen LogP contribution in [0, 0.1) is 18.3 Å². The van der Waals surface area contributed by atoms with Crippen molar-refractivity contribution in [3.8, 4) is 6.07 Å². The number of aliphatic imine (C=N–C) groups is 1. The quantitative estimate of drug-likeness (QED) is 0.645. The lowest BCUT2D eigenvalue weighted by Crippen LogP contribution is -2.32. The van der Waals surface area contributed by atoms with Gasteiger partial charge in [0.1, 0.15) is 17.3 Å². The van der Waals surface area contributed by atoms with E-state index in [9.17, 15) is 4.79 Å². The van der Waals surface area contributed by atoms with Crippen LogP contribution >= 0.6 is 0 Å². The molecule has 0 radical (unpaired) electrons. The van der Waals surface area contributed by atoms with Crippen molar-refractivity contribution in [2.45, 2.75) is 6.92 Å². The lowest BCUT2D eigenvalue weighted by molar-refractivity contribution is 0.102. The van der Waals surface area contributed by atoms with E-state index in [1.807, 2.05) is 37.3 Å². The zero-order valence-electron chi connectivity index (χ0n) is 18.1. The molecule has 0 aliphatic carbocycles. The Balaban J connectivity index is 1.52. The second-order valence-electron chi connectivity index (χ2n) is 7.66. The third-order valence-corrected chi connectivity index (χ3v) is 5.56. The van der Waals surface area contributed by atoms with Crippen LogP contribution in [-0.4, -0.2) is 46.8 Å². The number of fused-ring (bicyclic) bond motifs is 3. The van der Waals surface area contributed by atoms with Gasteiger partial charge in [-0.15, -0.1) is 0 Å². The molecule has 0 atom stereocenters. The van der Waals surface area contributed by atoms with E-state index in [1.54, 1.807) is 19.3 Å². The van der Waals surface area contributed by atoms with Crippen LogP contribution in [0.4, 0.5) is 17.5 Å². The highest BCUT2D eigenvalue weighted by Gasteiger charge is 2.31. The van der Waals surface area contributed by atoms with Crippen molar-refractivity contribution in [1.82, 2.24) is 15.0 Å². The molecule has 33 heavy (non-hydrogen) atoms. The topological polar surface area (TPSA) is 119 Å². The molecule has 4 heterocycles. The number of aryl methyl sites for hydroxylation is 1. The Hall–Kier alpha value is -4.58. The second kappa shape index (κ2) is 8.16. The fraction of sp³-hybridized carbons (Fsp3) is 0.167. The molecule has 2 aromatic heterocycles. The van der Waals surface area contributed by atoms with Crippen LogP contribution in [0.2, 0.25) is 0 Å². The Labute approximate surface area is 190 Å². The molecule has 1 aromatic carbocycles. The van der Waals surface area contributed by atoms with Crippen molar-refractivity contribution in [2.75, 3.05) is 35.7 Å². The van der Waals surface area contributed by atoms with Crippen molar-refractivity contribution in [1.29, 1.82) is 5.26 Å². The first kappa shape index (κ1) is 20.3. The van der Waals surface area contributed by atoms with Crippen molar-refractivity contribution < 1.29 is 4.79 Å². The van der Waals surface area contributed by atoms with E-state index in [-0.39, 0.29) is 11.6 Å². The molecule has 5 rings (SSSR count). The number of anilines is 3. The van der Waals surface area contributed by atoms with E-state index in [0.29, 0.717) is 23.7 Å². The summed E-state index contributed by atoms with van der Waals surface area (Å²) in [6.45, 7) is 3.45. The largest absolute Gasteiger partial charge is 0.357 e. The van der Waals surface area contributed by atoms with E-state index in [2.05, 4.69) is 30.5 Å². The molecular formula is C24H20N8O. The van der Waals surface area contributed by atoms with Gasteiger partial charge in [0, 0.05) is 42.8 Å². The van der Waals surface area contributed by atoms with Gasteiger partial charge in [-0.25, -0.2) is 4.98 Å². The van der Waals surface area contributed by atoms with E-state index in [4.69, 9.17) is 10.3 Å². The number of aromatic nitrogens is 3. The maximum absolute atomic E-state index is 12.7. The van der Waals surface area contributed by atoms with Crippen LogP contribution in [-0.2, 0) is 0 Å². The van der Waals surface area contributed by atoms with Crippen LogP contribution in [0.15, 0.2) is 47.7 Å². The standard InChI is InChI=1S/C24H20N8O/c1-14-3-4-17(30-23(33)20-9-15(12-25)5-6-27-20)11-18(14)19-10-16-13-29-24(26-2)31-21(16)32-8-7-28-22(19)32/h3-6,9-11,13H,7-8H2,1-2H3,(H,30,33)(H,26,29,31). The van der Waals surface area contributed by atoms with Crippen molar-refractivity contribution in [3.05, 3.63) is 70.7 Å². The Morgan fingerprint density at radius 2 is 2.09 bits per heavy atom. The monoisotopic (exact) mass is 436 g/mol. The number of nitrogens with zero attached hydrogens (tertiary/aromatic N) is 6. The van der Waals surface area contributed by atoms with Crippen molar-refractivity contribution in [2.24, 2.45) is 4.99 Å². The molecule has 2 aliphatic heterocycles. The summed E-state index contributed by atoms with van der Waals surface area (Å²) in [5.74, 6) is 1.88. The smallest absolute Gasteiger partial charge is 0.274 e. The summed E-state index contributed by atoms with van der Waals surface area (Å²) in [7, 11) is 1.79. The Kier molecular flexibility index (Phi) is 5.03. The van der Waals surface area contributed by atoms with Crippen molar-refractivity contribution >= 4 is 40.8 Å². The van der Waals surface area contributed by atoms with E-state index >= 15 is 0 Å². The van der Waals surface area contributed by atoms with Gasteiger partial charge in [0.25, 0.3) is 5.91 Å². The van der Waals surface area contributed by atoms with Gasteiger partial charge in [0.05, 0.1) is 18.2 Å². The molecule has 2 N–H and O–H groups in total. The van der Waals surface area contributed by atoms with Gasteiger partial charge >= 0.3 is 0 Å². The molecule has 3 aromatic rings. The SMILES string of the molecule is CNc1ncc2c(n1)N1CCN=C1C(c1cc(NC(=O)c3cc(C#N)ccn3)ccc1C)=C2. The predicted molar refractivity (Wildman–Crippen MR) is 127 cm³/mol. The molecule has 9 nitrogen and oxygen atoms in total. The molecule has 162 valence electrons. The third-order valence-electron chi connectivity index (χ3n) is 5.56. The number of amidine groups is 1. The number of amides is 1. The van der Waals surface area contributed by atoms with Gasteiger partial charge in [-0.1, -0.05) is 6.07 Å². The highest BCUT2D eigenvalue weighted by molar-refractivity contribution is 6.36. The number of nitrogens with one attached hydrogen (secondary N) is 2. The molecular weight excluding hydrogens is 416 g/mol. The summed E-state index contributed by atoms with van der Waals surface area (Å²) in [5, 5.41) is 14.9. The Morgan fingerprint density at radius 1 is 1.21 bits per heavy atom. The summed E-state index contributed by atoms with van der Waals surface area (Å²) in [6.07, 6.45) is 5.30. The van der Waals surface area contributed by atoms with Crippen LogP contribution in [0.5, 0.6) is 0 Å². The van der Waals surface area contributed by atoms with Crippen LogP contribution in [0.25, 0.3) is 11.6 Å². The highest BCUT2D eigenvalue weighted by atomic mass is 16.1. The van der Waals surface area contributed by atoms with Crippen LogP contribution in [0.1, 0.15) is 32.7 Å². The molecule has 0 fully saturated rings. The molecule has 0 saturated carbocycles. The van der Waals surface area contributed by atoms with Gasteiger partial charge in [0.2, 0.25) is 5.95 Å². The average molecular weight is 436 g/mol. The number of hydrogen-bond donors (Lipinski definition) is 2. The molecule has 0 saturated heterocycles. The maximum Gasteiger partial charge on any atom is 0.274 e. The molecule has 0 bridgehead atoms. The van der Waals surface area contributed by atoms with E-state index in [1.165, 1.54) is 12.3 Å².